The molecule has 1 aliphatic heterocycles. The first kappa shape index (κ1) is 17.5. The molecule has 5 nitrogen and oxygen atoms in total. The Labute approximate surface area is 157 Å². The summed E-state index contributed by atoms with van der Waals surface area (Å²) in [4.78, 5) is 27.6. The molecule has 0 radical (unpaired) electrons. The Morgan fingerprint density at radius 3 is 2.59 bits per heavy atom. The van der Waals surface area contributed by atoms with Gasteiger partial charge in [-0.25, -0.2) is 9.37 Å². The fourth-order valence-electron chi connectivity index (χ4n) is 3.73. The Morgan fingerprint density at radius 1 is 1.15 bits per heavy atom. The minimum atomic E-state index is -0.544. The smallest absolute Gasteiger partial charge is 0.238 e. The maximum atomic E-state index is 14.0. The first-order valence-corrected chi connectivity index (χ1v) is 8.96. The number of anilines is 1. The molecule has 1 fully saturated rings. The number of aromatic nitrogens is 3. The molecule has 0 aromatic carbocycles. The van der Waals surface area contributed by atoms with Crippen molar-refractivity contribution in [2.45, 2.75) is 34.1 Å². The van der Waals surface area contributed by atoms with Crippen LogP contribution in [0.15, 0.2) is 42.5 Å². The highest BCUT2D eigenvalue weighted by Crippen LogP contribution is 2.50. The zero-order chi connectivity index (χ0) is 19.3. The van der Waals surface area contributed by atoms with Crippen molar-refractivity contribution in [2.75, 3.05) is 4.90 Å². The lowest BCUT2D eigenvalue weighted by Gasteiger charge is -2.26. The summed E-state index contributed by atoms with van der Waals surface area (Å²) in [7, 11) is 0. The van der Waals surface area contributed by atoms with Crippen LogP contribution in [-0.4, -0.2) is 20.9 Å². The molecule has 2 aromatic rings. The number of aryl methyl sites for hydroxylation is 2. The van der Waals surface area contributed by atoms with Crippen molar-refractivity contribution in [3.8, 4) is 0 Å². The predicted molar refractivity (Wildman–Crippen MR) is 101 cm³/mol. The van der Waals surface area contributed by atoms with Gasteiger partial charge in [0, 0.05) is 23.4 Å². The average Bonchev–Trinajstić information content (AvgIpc) is 2.84. The Bertz CT molecular complexity index is 992. The predicted octanol–water partition coefficient (Wildman–Crippen LogP) is 3.99. The van der Waals surface area contributed by atoms with E-state index in [0.717, 1.165) is 17.0 Å². The number of hydrogen-bond donors (Lipinski definition) is 0. The van der Waals surface area contributed by atoms with E-state index in [1.54, 1.807) is 30.4 Å². The second-order valence-electron chi connectivity index (χ2n) is 7.69. The van der Waals surface area contributed by atoms with Gasteiger partial charge in [0.1, 0.15) is 5.82 Å². The highest BCUT2D eigenvalue weighted by molar-refractivity contribution is 6.04. The summed E-state index contributed by atoms with van der Waals surface area (Å²) in [5.41, 5.74) is 3.06. The van der Waals surface area contributed by atoms with E-state index in [2.05, 4.69) is 21.0 Å². The zero-order valence-electron chi connectivity index (χ0n) is 15.8. The Morgan fingerprint density at radius 2 is 1.93 bits per heavy atom. The fraction of sp³-hybridized carbons (Fsp3) is 0.333. The van der Waals surface area contributed by atoms with Crippen LogP contribution in [0.3, 0.4) is 0 Å². The van der Waals surface area contributed by atoms with Crippen LogP contribution in [0, 0.1) is 31.0 Å². The van der Waals surface area contributed by atoms with E-state index in [1.165, 1.54) is 6.07 Å². The van der Waals surface area contributed by atoms with E-state index >= 15 is 0 Å². The van der Waals surface area contributed by atoms with Crippen molar-refractivity contribution in [3.63, 3.8) is 0 Å². The molecule has 1 unspecified atom stereocenters. The molecule has 0 N–H and O–H groups in total. The van der Waals surface area contributed by atoms with Gasteiger partial charge in [-0.05, 0) is 38.0 Å². The molecule has 27 heavy (non-hydrogen) atoms. The first-order chi connectivity index (χ1) is 12.8. The number of rotatable bonds is 2. The van der Waals surface area contributed by atoms with Crippen LogP contribution < -0.4 is 4.90 Å². The summed E-state index contributed by atoms with van der Waals surface area (Å²) in [6.45, 7) is 7.41. The molecule has 0 saturated carbocycles. The molecule has 0 bridgehead atoms. The summed E-state index contributed by atoms with van der Waals surface area (Å²) in [6.07, 6.45) is 9.65. The van der Waals surface area contributed by atoms with Gasteiger partial charge in [0.25, 0.3) is 0 Å². The Hall–Kier alpha value is -2.89. The van der Waals surface area contributed by atoms with Crippen molar-refractivity contribution < 1.29 is 9.18 Å². The number of carbonyl (C=O) groups is 1. The van der Waals surface area contributed by atoms with Gasteiger partial charge in [-0.15, -0.1) is 0 Å². The molecule has 138 valence electrons. The lowest BCUT2D eigenvalue weighted by Crippen LogP contribution is -2.31. The summed E-state index contributed by atoms with van der Waals surface area (Å²) in [6, 6.07) is 1.49. The van der Waals surface area contributed by atoms with E-state index in [9.17, 15) is 9.18 Å². The first-order valence-electron chi connectivity index (χ1n) is 8.96. The Kier molecular flexibility index (Phi) is 3.94. The highest BCUT2D eigenvalue weighted by Gasteiger charge is 2.51. The molecule has 4 rings (SSSR count). The van der Waals surface area contributed by atoms with Gasteiger partial charge in [-0.1, -0.05) is 19.9 Å². The lowest BCUT2D eigenvalue weighted by atomic mass is 9.75. The number of amides is 1. The molecule has 0 spiro atoms. The minimum Gasteiger partial charge on any atom is -0.273 e. The molecule has 1 aliphatic carbocycles. The summed E-state index contributed by atoms with van der Waals surface area (Å²) in [5, 5.41) is 0. The van der Waals surface area contributed by atoms with E-state index < -0.39 is 5.41 Å². The van der Waals surface area contributed by atoms with Crippen LogP contribution in [0.4, 0.5) is 10.2 Å². The second kappa shape index (κ2) is 6.08. The summed E-state index contributed by atoms with van der Waals surface area (Å²) >= 11 is 0. The maximum absolute atomic E-state index is 14.0. The average molecular weight is 364 g/mol. The standard InChI is InChI=1S/C21H21FN4O/c1-12-9-25-19(11-23-12)26-18-8-14(15-7-17(22)13(2)24-10-15)5-6-16(18)21(3,4)20(26)27/h5,7-11,16H,6H2,1-4H3. The molecule has 1 amide bonds. The van der Waals surface area contributed by atoms with Crippen LogP contribution in [0.5, 0.6) is 0 Å². The van der Waals surface area contributed by atoms with Crippen LogP contribution in [0.25, 0.3) is 5.57 Å². The molecule has 6 heteroatoms. The monoisotopic (exact) mass is 364 g/mol. The number of halogens is 1. The van der Waals surface area contributed by atoms with E-state index in [4.69, 9.17) is 0 Å². The third kappa shape index (κ3) is 2.76. The third-order valence-corrected chi connectivity index (χ3v) is 5.47. The minimum absolute atomic E-state index is 0.000218. The quantitative estimate of drug-likeness (QED) is 0.808. The topological polar surface area (TPSA) is 59.0 Å². The number of carbonyl (C=O) groups excluding carboxylic acids is 1. The van der Waals surface area contributed by atoms with Gasteiger partial charge in [0.05, 0.1) is 29.2 Å². The van der Waals surface area contributed by atoms with Crippen LogP contribution in [-0.2, 0) is 4.79 Å². The van der Waals surface area contributed by atoms with Crippen molar-refractivity contribution in [2.24, 2.45) is 11.3 Å². The lowest BCUT2D eigenvalue weighted by molar-refractivity contribution is -0.125. The highest BCUT2D eigenvalue weighted by atomic mass is 19.1. The largest absolute Gasteiger partial charge is 0.273 e. The van der Waals surface area contributed by atoms with Gasteiger partial charge in [0.15, 0.2) is 5.82 Å². The third-order valence-electron chi connectivity index (χ3n) is 5.47. The van der Waals surface area contributed by atoms with Gasteiger partial charge in [-0.2, -0.15) is 0 Å². The van der Waals surface area contributed by atoms with Gasteiger partial charge < -0.3 is 0 Å². The number of hydrogen-bond acceptors (Lipinski definition) is 4. The van der Waals surface area contributed by atoms with Crippen molar-refractivity contribution >= 4 is 17.3 Å². The molecular formula is C21H21FN4O. The van der Waals surface area contributed by atoms with Crippen LogP contribution in [0.1, 0.15) is 37.2 Å². The number of allylic oxidation sites excluding steroid dienone is 4. The van der Waals surface area contributed by atoms with Crippen molar-refractivity contribution in [3.05, 3.63) is 65.3 Å². The molecule has 2 aliphatic rings. The second-order valence-corrected chi connectivity index (χ2v) is 7.69. The molecule has 3 heterocycles. The Balaban J connectivity index is 1.80. The van der Waals surface area contributed by atoms with Crippen molar-refractivity contribution in [1.82, 2.24) is 15.0 Å². The van der Waals surface area contributed by atoms with Gasteiger partial charge in [-0.3, -0.25) is 19.7 Å². The molecular weight excluding hydrogens is 343 g/mol. The van der Waals surface area contributed by atoms with Crippen molar-refractivity contribution in [1.29, 1.82) is 0 Å². The van der Waals surface area contributed by atoms with Gasteiger partial charge >= 0.3 is 0 Å². The fourth-order valence-corrected chi connectivity index (χ4v) is 3.73. The van der Waals surface area contributed by atoms with Crippen LogP contribution in [0.2, 0.25) is 0 Å². The zero-order valence-corrected chi connectivity index (χ0v) is 15.8. The van der Waals surface area contributed by atoms with E-state index in [-0.39, 0.29) is 17.6 Å². The molecule has 1 atom stereocenters. The van der Waals surface area contributed by atoms with E-state index in [0.29, 0.717) is 23.5 Å². The maximum Gasteiger partial charge on any atom is 0.238 e. The molecule has 2 aromatic heterocycles. The van der Waals surface area contributed by atoms with Crippen LogP contribution >= 0.6 is 0 Å². The summed E-state index contributed by atoms with van der Waals surface area (Å²) in [5.74, 6) is 0.222. The SMILES string of the molecule is Cc1cnc(N2C(=O)C(C)(C)C3CC=C(c4cnc(C)c(F)c4)C=C32)cn1. The summed E-state index contributed by atoms with van der Waals surface area (Å²) < 4.78 is 14.0. The normalized spacial score (nSPS) is 21.0. The van der Waals surface area contributed by atoms with E-state index in [1.807, 2.05) is 26.8 Å². The van der Waals surface area contributed by atoms with Gasteiger partial charge in [0.2, 0.25) is 5.91 Å². The number of fused-ring (bicyclic) bond motifs is 1. The number of nitrogens with zero attached hydrogens (tertiary/aromatic N) is 4. The number of pyridine rings is 1. The molecule has 1 saturated heterocycles.